The SMILES string of the molecule is Cc1ccccc1N1CCc2c(C)nc3c(C)cccc3c21. The van der Waals surface area contributed by atoms with Gasteiger partial charge in [0.1, 0.15) is 0 Å². The predicted molar refractivity (Wildman–Crippen MR) is 93.1 cm³/mol. The largest absolute Gasteiger partial charge is 0.340 e. The highest BCUT2D eigenvalue weighted by atomic mass is 15.2. The summed E-state index contributed by atoms with van der Waals surface area (Å²) in [5.74, 6) is 0. The molecule has 0 saturated carbocycles. The predicted octanol–water partition coefficient (Wildman–Crippen LogP) is 4.85. The van der Waals surface area contributed by atoms with Crippen LogP contribution >= 0.6 is 0 Å². The summed E-state index contributed by atoms with van der Waals surface area (Å²) in [6, 6.07) is 15.1. The number of rotatable bonds is 1. The molecule has 22 heavy (non-hydrogen) atoms. The van der Waals surface area contributed by atoms with Crippen molar-refractivity contribution in [3.63, 3.8) is 0 Å². The standard InChI is InChI=1S/C20H20N2/c1-13-7-4-5-10-18(13)22-12-11-16-15(3)21-19-14(2)8-6-9-17(19)20(16)22/h4-10H,11-12H2,1-3H3. The van der Waals surface area contributed by atoms with E-state index in [-0.39, 0.29) is 0 Å². The molecule has 0 unspecified atom stereocenters. The maximum absolute atomic E-state index is 4.87. The van der Waals surface area contributed by atoms with Crippen LogP contribution in [0.4, 0.5) is 11.4 Å². The maximum atomic E-state index is 4.87. The molecule has 4 rings (SSSR count). The highest BCUT2D eigenvalue weighted by Gasteiger charge is 2.26. The molecule has 0 amide bonds. The lowest BCUT2D eigenvalue weighted by Gasteiger charge is -2.23. The lowest BCUT2D eigenvalue weighted by atomic mass is 10.0. The van der Waals surface area contributed by atoms with E-state index in [0.717, 1.165) is 18.5 Å². The summed E-state index contributed by atoms with van der Waals surface area (Å²) in [5, 5.41) is 1.28. The number of anilines is 2. The second-order valence-corrected chi connectivity index (χ2v) is 6.18. The van der Waals surface area contributed by atoms with Gasteiger partial charge in [0.15, 0.2) is 0 Å². The number of fused-ring (bicyclic) bond motifs is 3. The number of nitrogens with zero attached hydrogens (tertiary/aromatic N) is 2. The van der Waals surface area contributed by atoms with Crippen molar-refractivity contribution in [1.29, 1.82) is 0 Å². The molecule has 0 spiro atoms. The van der Waals surface area contributed by atoms with Gasteiger partial charge in [0.2, 0.25) is 0 Å². The Morgan fingerprint density at radius 2 is 1.68 bits per heavy atom. The third kappa shape index (κ3) is 1.83. The Hall–Kier alpha value is -2.35. The van der Waals surface area contributed by atoms with E-state index in [1.54, 1.807) is 0 Å². The topological polar surface area (TPSA) is 16.1 Å². The van der Waals surface area contributed by atoms with Crippen LogP contribution in [0.15, 0.2) is 42.5 Å². The van der Waals surface area contributed by atoms with Crippen molar-refractivity contribution in [2.24, 2.45) is 0 Å². The minimum atomic E-state index is 1.04. The molecule has 2 heterocycles. The van der Waals surface area contributed by atoms with Crippen LogP contribution in [0.3, 0.4) is 0 Å². The summed E-state index contributed by atoms with van der Waals surface area (Å²) in [7, 11) is 0. The summed E-state index contributed by atoms with van der Waals surface area (Å²) in [4.78, 5) is 7.34. The van der Waals surface area contributed by atoms with Gasteiger partial charge >= 0.3 is 0 Å². The first-order chi connectivity index (χ1) is 10.7. The van der Waals surface area contributed by atoms with E-state index < -0.39 is 0 Å². The molecule has 0 aliphatic carbocycles. The highest BCUT2D eigenvalue weighted by molar-refractivity contribution is 5.98. The summed E-state index contributed by atoms with van der Waals surface area (Å²) >= 11 is 0. The summed E-state index contributed by atoms with van der Waals surface area (Å²) in [6.45, 7) is 7.52. The lowest BCUT2D eigenvalue weighted by molar-refractivity contribution is 0.984. The van der Waals surface area contributed by atoms with Gasteiger partial charge < -0.3 is 4.90 Å². The molecule has 110 valence electrons. The number of hydrogen-bond donors (Lipinski definition) is 0. The highest BCUT2D eigenvalue weighted by Crippen LogP contribution is 2.42. The molecule has 0 N–H and O–H groups in total. The molecule has 0 saturated heterocycles. The molecule has 2 heteroatoms. The zero-order chi connectivity index (χ0) is 15.3. The van der Waals surface area contributed by atoms with Crippen LogP contribution in [-0.2, 0) is 6.42 Å². The first-order valence-corrected chi connectivity index (χ1v) is 7.89. The minimum Gasteiger partial charge on any atom is -0.340 e. The van der Waals surface area contributed by atoms with Crippen LogP contribution in [0.2, 0.25) is 0 Å². The molecule has 1 aromatic heterocycles. The molecule has 0 atom stereocenters. The quantitative estimate of drug-likeness (QED) is 0.636. The molecule has 2 nitrogen and oxygen atoms in total. The van der Waals surface area contributed by atoms with Crippen molar-refractivity contribution in [3.8, 4) is 0 Å². The van der Waals surface area contributed by atoms with Gasteiger partial charge in [-0.1, -0.05) is 36.4 Å². The molecular weight excluding hydrogens is 268 g/mol. The van der Waals surface area contributed by atoms with E-state index in [2.05, 4.69) is 68.1 Å². The molecular formula is C20H20N2. The zero-order valence-corrected chi connectivity index (χ0v) is 13.4. The van der Waals surface area contributed by atoms with Crippen molar-refractivity contribution >= 4 is 22.3 Å². The molecule has 3 aromatic rings. The third-order valence-electron chi connectivity index (χ3n) is 4.76. The van der Waals surface area contributed by atoms with Crippen LogP contribution in [-0.4, -0.2) is 11.5 Å². The lowest BCUT2D eigenvalue weighted by Crippen LogP contribution is -2.14. The Balaban J connectivity index is 2.03. The first kappa shape index (κ1) is 13.3. The second-order valence-electron chi connectivity index (χ2n) is 6.18. The first-order valence-electron chi connectivity index (χ1n) is 7.89. The minimum absolute atomic E-state index is 1.04. The van der Waals surface area contributed by atoms with Crippen LogP contribution in [0, 0.1) is 20.8 Å². The van der Waals surface area contributed by atoms with Crippen molar-refractivity contribution in [2.45, 2.75) is 27.2 Å². The van der Waals surface area contributed by atoms with Crippen LogP contribution < -0.4 is 4.90 Å². The number of pyridine rings is 1. The fraction of sp³-hybridized carbons (Fsp3) is 0.250. The van der Waals surface area contributed by atoms with Crippen molar-refractivity contribution in [1.82, 2.24) is 4.98 Å². The van der Waals surface area contributed by atoms with Gasteiger partial charge in [-0.15, -0.1) is 0 Å². The fourth-order valence-electron chi connectivity index (χ4n) is 3.62. The zero-order valence-electron chi connectivity index (χ0n) is 13.4. The Morgan fingerprint density at radius 3 is 2.50 bits per heavy atom. The Morgan fingerprint density at radius 1 is 0.909 bits per heavy atom. The number of aromatic nitrogens is 1. The molecule has 1 aliphatic heterocycles. The van der Waals surface area contributed by atoms with Crippen molar-refractivity contribution in [2.75, 3.05) is 11.4 Å². The van der Waals surface area contributed by atoms with E-state index in [4.69, 9.17) is 4.98 Å². The summed E-state index contributed by atoms with van der Waals surface area (Å²) < 4.78 is 0. The summed E-state index contributed by atoms with van der Waals surface area (Å²) in [6.07, 6.45) is 1.08. The van der Waals surface area contributed by atoms with E-state index in [0.29, 0.717) is 0 Å². The number of hydrogen-bond acceptors (Lipinski definition) is 2. The van der Waals surface area contributed by atoms with Crippen LogP contribution in [0.5, 0.6) is 0 Å². The third-order valence-corrected chi connectivity index (χ3v) is 4.76. The monoisotopic (exact) mass is 288 g/mol. The Bertz CT molecular complexity index is 880. The second kappa shape index (κ2) is 4.84. The van der Waals surface area contributed by atoms with Gasteiger partial charge in [0.05, 0.1) is 11.2 Å². The fourth-order valence-corrected chi connectivity index (χ4v) is 3.62. The van der Waals surface area contributed by atoms with Gasteiger partial charge in [0.25, 0.3) is 0 Å². The van der Waals surface area contributed by atoms with E-state index in [9.17, 15) is 0 Å². The smallest absolute Gasteiger partial charge is 0.0755 e. The molecule has 0 radical (unpaired) electrons. The molecule has 0 bridgehead atoms. The Labute approximate surface area is 131 Å². The van der Waals surface area contributed by atoms with E-state index in [1.165, 1.54) is 39.1 Å². The van der Waals surface area contributed by atoms with E-state index in [1.807, 2.05) is 0 Å². The van der Waals surface area contributed by atoms with Gasteiger partial charge in [-0.25, -0.2) is 0 Å². The van der Waals surface area contributed by atoms with Gasteiger partial charge in [-0.05, 0) is 49.9 Å². The maximum Gasteiger partial charge on any atom is 0.0755 e. The van der Waals surface area contributed by atoms with Crippen molar-refractivity contribution in [3.05, 3.63) is 64.8 Å². The van der Waals surface area contributed by atoms with Gasteiger partial charge in [-0.2, -0.15) is 0 Å². The number of benzene rings is 2. The molecule has 0 fully saturated rings. The van der Waals surface area contributed by atoms with Crippen molar-refractivity contribution < 1.29 is 0 Å². The average Bonchev–Trinajstić information content (AvgIpc) is 2.95. The van der Waals surface area contributed by atoms with Gasteiger partial charge in [-0.3, -0.25) is 4.98 Å². The average molecular weight is 288 g/mol. The Kier molecular flexibility index (Phi) is 2.93. The van der Waals surface area contributed by atoms with E-state index >= 15 is 0 Å². The molecule has 1 aliphatic rings. The van der Waals surface area contributed by atoms with Crippen LogP contribution in [0.1, 0.15) is 22.4 Å². The number of aryl methyl sites for hydroxylation is 3. The van der Waals surface area contributed by atoms with Gasteiger partial charge in [0, 0.05) is 23.3 Å². The van der Waals surface area contributed by atoms with Crippen LogP contribution in [0.25, 0.3) is 10.9 Å². The molecule has 2 aromatic carbocycles. The number of para-hydroxylation sites is 2. The normalized spacial score (nSPS) is 13.7. The summed E-state index contributed by atoms with van der Waals surface area (Å²) in [5.41, 5.74) is 8.97.